The Morgan fingerprint density at radius 2 is 1.96 bits per heavy atom. The number of benzene rings is 1. The molecule has 1 amide bonds. The van der Waals surface area contributed by atoms with Gasteiger partial charge in [0.2, 0.25) is 0 Å². The van der Waals surface area contributed by atoms with Crippen molar-refractivity contribution in [2.45, 2.75) is 19.4 Å². The van der Waals surface area contributed by atoms with Gasteiger partial charge >= 0.3 is 0 Å². The van der Waals surface area contributed by atoms with E-state index in [1.54, 1.807) is 0 Å². The summed E-state index contributed by atoms with van der Waals surface area (Å²) in [5.41, 5.74) is 5.50. The molecular formula is C18H15ClF2N4O2S. The van der Waals surface area contributed by atoms with Crippen LogP contribution in [0.5, 0.6) is 0 Å². The Labute approximate surface area is 168 Å². The van der Waals surface area contributed by atoms with Gasteiger partial charge in [-0.25, -0.2) is 8.78 Å². The number of primary amides is 1. The highest BCUT2D eigenvalue weighted by atomic mass is 35.5. The van der Waals surface area contributed by atoms with Gasteiger partial charge in [-0.05, 0) is 49.2 Å². The number of carbonyl (C=O) groups is 1. The van der Waals surface area contributed by atoms with Crippen LogP contribution in [0.1, 0.15) is 22.8 Å². The van der Waals surface area contributed by atoms with Crippen molar-refractivity contribution in [3.8, 4) is 10.4 Å². The number of anilines is 2. The minimum atomic E-state index is -0.800. The molecule has 4 N–H and O–H groups in total. The van der Waals surface area contributed by atoms with Crippen molar-refractivity contribution in [3.05, 3.63) is 58.2 Å². The number of halogens is 3. The number of nitrogens with one attached hydrogen (secondary N) is 1. The van der Waals surface area contributed by atoms with Crippen LogP contribution in [0.2, 0.25) is 5.15 Å². The normalized spacial score (nSPS) is 12.0. The van der Waals surface area contributed by atoms with Gasteiger partial charge in [-0.15, -0.1) is 21.5 Å². The van der Waals surface area contributed by atoms with Crippen LogP contribution in [0.3, 0.4) is 0 Å². The van der Waals surface area contributed by atoms with Crippen molar-refractivity contribution in [3.63, 3.8) is 0 Å². The summed E-state index contributed by atoms with van der Waals surface area (Å²) in [6.07, 6.45) is -0.614. The standard InChI is InChI=1S/C18H15ClF2N4O2S/c1-8(26)4-9-5-11(20)16(12(21)6-9)13-7-10(17(22)27)18(28-13)23-15-3-2-14(19)24-25-15/h2-3,5-8,26H,4H2,1H3,(H2,22,27)(H,23,25). The quantitative estimate of drug-likeness (QED) is 0.557. The lowest BCUT2D eigenvalue weighted by molar-refractivity contribution is 0.100. The molecule has 3 rings (SSSR count). The molecule has 0 spiro atoms. The third-order valence-corrected chi connectivity index (χ3v) is 5.02. The Kier molecular flexibility index (Phi) is 5.87. The van der Waals surface area contributed by atoms with Gasteiger partial charge in [0.1, 0.15) is 16.6 Å². The SMILES string of the molecule is CC(O)Cc1cc(F)c(-c2cc(C(N)=O)c(Nc3ccc(Cl)nn3)s2)c(F)c1. The molecule has 1 unspecified atom stereocenters. The highest BCUT2D eigenvalue weighted by Gasteiger charge is 2.21. The van der Waals surface area contributed by atoms with Crippen LogP contribution in [0.25, 0.3) is 10.4 Å². The molecule has 0 radical (unpaired) electrons. The number of carbonyl (C=O) groups excluding carboxylic acids is 1. The Balaban J connectivity index is 2.01. The van der Waals surface area contributed by atoms with E-state index in [-0.39, 0.29) is 38.4 Å². The molecule has 6 nitrogen and oxygen atoms in total. The fourth-order valence-corrected chi connectivity index (χ4v) is 3.83. The molecule has 146 valence electrons. The first kappa shape index (κ1) is 20.1. The molecule has 3 aromatic rings. The number of aromatic nitrogens is 2. The third kappa shape index (κ3) is 4.44. The summed E-state index contributed by atoms with van der Waals surface area (Å²) in [5, 5.41) is 20.2. The second kappa shape index (κ2) is 8.17. The number of hydrogen-bond acceptors (Lipinski definition) is 6. The summed E-state index contributed by atoms with van der Waals surface area (Å²) in [6.45, 7) is 1.53. The molecule has 0 aliphatic heterocycles. The van der Waals surface area contributed by atoms with E-state index in [0.717, 1.165) is 23.5 Å². The van der Waals surface area contributed by atoms with Crippen LogP contribution < -0.4 is 11.1 Å². The second-order valence-electron chi connectivity index (χ2n) is 6.07. The zero-order valence-electron chi connectivity index (χ0n) is 14.5. The smallest absolute Gasteiger partial charge is 0.251 e. The summed E-state index contributed by atoms with van der Waals surface area (Å²) in [7, 11) is 0. The average Bonchev–Trinajstić information content (AvgIpc) is 2.99. The van der Waals surface area contributed by atoms with E-state index < -0.39 is 23.6 Å². The van der Waals surface area contributed by atoms with E-state index >= 15 is 0 Å². The number of aliphatic hydroxyl groups excluding tert-OH is 1. The molecule has 0 saturated heterocycles. The number of nitrogens with two attached hydrogens (primary N) is 1. The molecular weight excluding hydrogens is 410 g/mol. The van der Waals surface area contributed by atoms with Crippen LogP contribution in [-0.4, -0.2) is 27.3 Å². The molecule has 2 aromatic heterocycles. The Hall–Kier alpha value is -2.62. The van der Waals surface area contributed by atoms with Gasteiger partial charge in [0, 0.05) is 4.88 Å². The Morgan fingerprint density at radius 3 is 2.50 bits per heavy atom. The minimum Gasteiger partial charge on any atom is -0.393 e. The van der Waals surface area contributed by atoms with Crippen molar-refractivity contribution in [1.29, 1.82) is 0 Å². The molecule has 0 fully saturated rings. The molecule has 28 heavy (non-hydrogen) atoms. The van der Waals surface area contributed by atoms with Crippen LogP contribution in [-0.2, 0) is 6.42 Å². The van der Waals surface area contributed by atoms with Crippen LogP contribution in [0.15, 0.2) is 30.3 Å². The highest BCUT2D eigenvalue weighted by Crippen LogP contribution is 2.39. The average molecular weight is 425 g/mol. The van der Waals surface area contributed by atoms with Gasteiger partial charge < -0.3 is 16.2 Å². The first-order chi connectivity index (χ1) is 13.2. The summed E-state index contributed by atoms with van der Waals surface area (Å²) in [5.74, 6) is -2.08. The summed E-state index contributed by atoms with van der Waals surface area (Å²) >= 11 is 6.63. The minimum absolute atomic E-state index is 0.0589. The van der Waals surface area contributed by atoms with E-state index in [4.69, 9.17) is 17.3 Å². The second-order valence-corrected chi connectivity index (χ2v) is 7.51. The van der Waals surface area contributed by atoms with Crippen molar-refractivity contribution in [1.82, 2.24) is 10.2 Å². The molecule has 1 atom stereocenters. The van der Waals surface area contributed by atoms with Gasteiger partial charge in [0.05, 0.1) is 17.2 Å². The van der Waals surface area contributed by atoms with E-state index in [0.29, 0.717) is 5.56 Å². The Morgan fingerprint density at radius 1 is 1.29 bits per heavy atom. The van der Waals surface area contributed by atoms with Crippen molar-refractivity contribution >= 4 is 39.7 Å². The maximum atomic E-state index is 14.6. The molecule has 10 heteroatoms. The lowest BCUT2D eigenvalue weighted by Crippen LogP contribution is -2.11. The van der Waals surface area contributed by atoms with Crippen molar-refractivity contribution in [2.75, 3.05) is 5.32 Å². The molecule has 1 aromatic carbocycles. The predicted octanol–water partition coefficient (Wildman–Crippen LogP) is 3.90. The molecule has 0 bridgehead atoms. The van der Waals surface area contributed by atoms with E-state index in [2.05, 4.69) is 15.5 Å². The van der Waals surface area contributed by atoms with Gasteiger partial charge in [-0.2, -0.15) is 0 Å². The lowest BCUT2D eigenvalue weighted by Gasteiger charge is -2.08. The summed E-state index contributed by atoms with van der Waals surface area (Å²) in [4.78, 5) is 12.0. The largest absolute Gasteiger partial charge is 0.393 e. The van der Waals surface area contributed by atoms with Crippen LogP contribution in [0, 0.1) is 11.6 Å². The first-order valence-corrected chi connectivity index (χ1v) is 9.30. The first-order valence-electron chi connectivity index (χ1n) is 8.11. The number of aliphatic hydroxyl groups is 1. The van der Waals surface area contributed by atoms with Gasteiger partial charge in [-0.1, -0.05) is 11.6 Å². The van der Waals surface area contributed by atoms with Gasteiger partial charge in [-0.3, -0.25) is 4.79 Å². The molecule has 0 aliphatic rings. The Bertz CT molecular complexity index is 1000. The fourth-order valence-electron chi connectivity index (χ4n) is 2.61. The maximum Gasteiger partial charge on any atom is 0.251 e. The number of nitrogens with zero attached hydrogens (tertiary/aromatic N) is 2. The zero-order chi connectivity index (χ0) is 20.4. The monoisotopic (exact) mass is 424 g/mol. The molecule has 2 heterocycles. The highest BCUT2D eigenvalue weighted by molar-refractivity contribution is 7.20. The number of amides is 1. The third-order valence-electron chi connectivity index (χ3n) is 3.75. The number of hydrogen-bond donors (Lipinski definition) is 3. The summed E-state index contributed by atoms with van der Waals surface area (Å²) in [6, 6.07) is 6.66. The lowest BCUT2D eigenvalue weighted by atomic mass is 10.0. The van der Waals surface area contributed by atoms with E-state index in [1.165, 1.54) is 25.1 Å². The summed E-state index contributed by atoms with van der Waals surface area (Å²) < 4.78 is 29.1. The number of rotatable bonds is 6. The van der Waals surface area contributed by atoms with E-state index in [9.17, 15) is 18.7 Å². The van der Waals surface area contributed by atoms with Gasteiger partial charge in [0.15, 0.2) is 11.0 Å². The van der Waals surface area contributed by atoms with Gasteiger partial charge in [0.25, 0.3) is 5.91 Å². The number of thiophene rings is 1. The molecule has 0 saturated carbocycles. The fraction of sp³-hybridized carbons (Fsp3) is 0.167. The van der Waals surface area contributed by atoms with Crippen molar-refractivity contribution in [2.24, 2.45) is 5.73 Å². The van der Waals surface area contributed by atoms with Crippen molar-refractivity contribution < 1.29 is 18.7 Å². The maximum absolute atomic E-state index is 14.6. The van der Waals surface area contributed by atoms with Crippen LogP contribution in [0.4, 0.5) is 19.6 Å². The molecule has 0 aliphatic carbocycles. The van der Waals surface area contributed by atoms with Crippen LogP contribution >= 0.6 is 22.9 Å². The van der Waals surface area contributed by atoms with E-state index in [1.807, 2.05) is 0 Å². The topological polar surface area (TPSA) is 101 Å². The predicted molar refractivity (Wildman–Crippen MR) is 104 cm³/mol. The zero-order valence-corrected chi connectivity index (χ0v) is 16.1.